The molecule has 0 saturated heterocycles. The second-order valence-electron chi connectivity index (χ2n) is 7.81. The normalized spacial score (nSPS) is 11.0. The molecular formula is C21H34N4O4S. The van der Waals surface area contributed by atoms with E-state index in [4.69, 9.17) is 21.7 Å². The van der Waals surface area contributed by atoms with Crippen LogP contribution in [0.25, 0.3) is 0 Å². The second kappa shape index (κ2) is 13.0. The number of hydrogen-bond donors (Lipinski definition) is 3. The number of ether oxygens (including phenoxy) is 2. The van der Waals surface area contributed by atoms with Gasteiger partial charge in [-0.1, -0.05) is 12.1 Å². The Labute approximate surface area is 184 Å². The van der Waals surface area contributed by atoms with E-state index >= 15 is 0 Å². The van der Waals surface area contributed by atoms with Gasteiger partial charge in [0.25, 0.3) is 0 Å². The molecule has 1 aromatic rings. The molecule has 0 aliphatic rings. The largest absolute Gasteiger partial charge is 0.492 e. The van der Waals surface area contributed by atoms with E-state index in [1.54, 1.807) is 0 Å². The molecule has 1 rings (SSSR count). The predicted octanol–water partition coefficient (Wildman–Crippen LogP) is 2.07. The quantitative estimate of drug-likeness (QED) is 0.482. The summed E-state index contributed by atoms with van der Waals surface area (Å²) in [4.78, 5) is 25.7. The Morgan fingerprint density at radius 3 is 2.57 bits per heavy atom. The van der Waals surface area contributed by atoms with E-state index < -0.39 is 11.7 Å². The molecule has 0 aliphatic heterocycles. The lowest BCUT2D eigenvalue weighted by Gasteiger charge is -2.21. The average molecular weight is 439 g/mol. The van der Waals surface area contributed by atoms with Crippen LogP contribution < -0.4 is 20.7 Å². The number of alkyl carbamates (subject to hydrolysis) is 1. The summed E-state index contributed by atoms with van der Waals surface area (Å²) >= 11 is 5.02. The molecule has 0 fully saturated rings. The van der Waals surface area contributed by atoms with Crippen molar-refractivity contribution in [2.45, 2.75) is 39.7 Å². The Bertz CT molecular complexity index is 706. The van der Waals surface area contributed by atoms with Crippen LogP contribution in [0.4, 0.5) is 4.79 Å². The van der Waals surface area contributed by atoms with Crippen molar-refractivity contribution in [2.24, 2.45) is 0 Å². The van der Waals surface area contributed by atoms with Gasteiger partial charge in [0, 0.05) is 26.2 Å². The van der Waals surface area contributed by atoms with Crippen molar-refractivity contribution in [1.82, 2.24) is 20.9 Å². The van der Waals surface area contributed by atoms with Crippen LogP contribution in [-0.4, -0.2) is 67.4 Å². The van der Waals surface area contributed by atoms with Crippen molar-refractivity contribution >= 4 is 29.3 Å². The van der Waals surface area contributed by atoms with Gasteiger partial charge in [0.05, 0.1) is 6.42 Å². The van der Waals surface area contributed by atoms with Gasteiger partial charge in [-0.05, 0) is 64.7 Å². The SMILES string of the molecule is CCNC(=S)NC(=O)Cc1cccc(OCCN(C)CCNC(=O)OC(C)(C)C)c1. The minimum atomic E-state index is -0.503. The van der Waals surface area contributed by atoms with Gasteiger partial charge >= 0.3 is 6.09 Å². The van der Waals surface area contributed by atoms with E-state index in [-0.39, 0.29) is 12.3 Å². The molecule has 168 valence electrons. The van der Waals surface area contributed by atoms with E-state index in [9.17, 15) is 9.59 Å². The number of nitrogens with one attached hydrogen (secondary N) is 3. The van der Waals surface area contributed by atoms with Crippen LogP contribution in [0.2, 0.25) is 0 Å². The zero-order valence-corrected chi connectivity index (χ0v) is 19.4. The Kier molecular flexibility index (Phi) is 11.1. The zero-order chi connectivity index (χ0) is 22.6. The second-order valence-corrected chi connectivity index (χ2v) is 8.22. The van der Waals surface area contributed by atoms with E-state index in [1.165, 1.54) is 0 Å². The highest BCUT2D eigenvalue weighted by molar-refractivity contribution is 7.80. The Balaban J connectivity index is 2.31. The standard InChI is InChI=1S/C21H34N4O4S/c1-6-22-19(30)24-18(26)15-16-8-7-9-17(14-16)28-13-12-25(5)11-10-23-20(27)29-21(2,3)4/h7-9,14H,6,10-13,15H2,1-5H3,(H,23,27)(H2,22,24,26,30). The maximum absolute atomic E-state index is 12.0. The van der Waals surface area contributed by atoms with Crippen molar-refractivity contribution in [1.29, 1.82) is 0 Å². The minimum Gasteiger partial charge on any atom is -0.492 e. The number of rotatable bonds is 10. The first kappa shape index (κ1) is 25.6. The van der Waals surface area contributed by atoms with Crippen LogP contribution in [0.5, 0.6) is 5.75 Å². The minimum absolute atomic E-state index is 0.171. The summed E-state index contributed by atoms with van der Waals surface area (Å²) in [7, 11) is 1.95. The lowest BCUT2D eigenvalue weighted by molar-refractivity contribution is -0.119. The molecule has 0 aliphatic carbocycles. The number of benzene rings is 1. The summed E-state index contributed by atoms with van der Waals surface area (Å²) < 4.78 is 11.0. The van der Waals surface area contributed by atoms with Crippen LogP contribution in [0, 0.1) is 0 Å². The first-order chi connectivity index (χ1) is 14.1. The summed E-state index contributed by atoms with van der Waals surface area (Å²) in [6, 6.07) is 7.43. The molecule has 1 aromatic carbocycles. The third-order valence-corrected chi connectivity index (χ3v) is 4.00. The Morgan fingerprint density at radius 2 is 1.90 bits per heavy atom. The highest BCUT2D eigenvalue weighted by Crippen LogP contribution is 2.14. The molecule has 8 nitrogen and oxygen atoms in total. The third kappa shape index (κ3) is 12.2. The maximum Gasteiger partial charge on any atom is 0.407 e. The molecule has 0 bridgehead atoms. The fourth-order valence-electron chi connectivity index (χ4n) is 2.40. The van der Waals surface area contributed by atoms with Gasteiger partial charge in [-0.3, -0.25) is 4.79 Å². The number of nitrogens with zero attached hydrogens (tertiary/aromatic N) is 1. The van der Waals surface area contributed by atoms with Gasteiger partial charge in [-0.25, -0.2) is 4.79 Å². The first-order valence-electron chi connectivity index (χ1n) is 10.0. The Morgan fingerprint density at radius 1 is 1.17 bits per heavy atom. The number of hydrogen-bond acceptors (Lipinski definition) is 6. The summed E-state index contributed by atoms with van der Waals surface area (Å²) in [5, 5.41) is 8.59. The van der Waals surface area contributed by atoms with Crippen molar-refractivity contribution in [3.8, 4) is 5.75 Å². The van der Waals surface area contributed by atoms with Crippen LogP contribution in [0.15, 0.2) is 24.3 Å². The molecule has 0 aromatic heterocycles. The lowest BCUT2D eigenvalue weighted by Crippen LogP contribution is -2.39. The number of carbonyl (C=O) groups excluding carboxylic acids is 2. The van der Waals surface area contributed by atoms with Gasteiger partial charge in [-0.15, -0.1) is 0 Å². The van der Waals surface area contributed by atoms with Crippen LogP contribution in [0.3, 0.4) is 0 Å². The Hall–Kier alpha value is -2.39. The van der Waals surface area contributed by atoms with E-state index in [2.05, 4.69) is 20.9 Å². The van der Waals surface area contributed by atoms with E-state index in [0.29, 0.717) is 43.6 Å². The van der Waals surface area contributed by atoms with Crippen molar-refractivity contribution in [2.75, 3.05) is 39.8 Å². The lowest BCUT2D eigenvalue weighted by atomic mass is 10.1. The number of thiocarbonyl (C=S) groups is 1. The molecule has 0 heterocycles. The highest BCUT2D eigenvalue weighted by atomic mass is 32.1. The molecule has 0 spiro atoms. The van der Waals surface area contributed by atoms with E-state index in [1.807, 2.05) is 59.0 Å². The molecule has 0 atom stereocenters. The molecule has 2 amide bonds. The average Bonchev–Trinajstić information content (AvgIpc) is 2.60. The first-order valence-corrected chi connectivity index (χ1v) is 10.4. The van der Waals surface area contributed by atoms with Crippen molar-refractivity contribution in [3.63, 3.8) is 0 Å². The molecule has 3 N–H and O–H groups in total. The van der Waals surface area contributed by atoms with Crippen LogP contribution in [0.1, 0.15) is 33.3 Å². The maximum atomic E-state index is 12.0. The molecule has 30 heavy (non-hydrogen) atoms. The topological polar surface area (TPSA) is 91.9 Å². The van der Waals surface area contributed by atoms with Gasteiger partial charge in [-0.2, -0.15) is 0 Å². The van der Waals surface area contributed by atoms with E-state index in [0.717, 1.165) is 5.56 Å². The fourth-order valence-corrected chi connectivity index (χ4v) is 2.66. The molecule has 9 heteroatoms. The van der Waals surface area contributed by atoms with Crippen molar-refractivity contribution < 1.29 is 19.1 Å². The fraction of sp³-hybridized carbons (Fsp3) is 0.571. The van der Waals surface area contributed by atoms with Crippen LogP contribution in [-0.2, 0) is 16.0 Å². The molecule has 0 unspecified atom stereocenters. The smallest absolute Gasteiger partial charge is 0.407 e. The molecule has 0 radical (unpaired) electrons. The number of amides is 2. The monoisotopic (exact) mass is 438 g/mol. The predicted molar refractivity (Wildman–Crippen MR) is 122 cm³/mol. The summed E-state index contributed by atoms with van der Waals surface area (Å²) in [5.74, 6) is 0.533. The summed E-state index contributed by atoms with van der Waals surface area (Å²) in [5.41, 5.74) is 0.344. The van der Waals surface area contributed by atoms with Gasteiger partial charge in [0.1, 0.15) is 18.0 Å². The van der Waals surface area contributed by atoms with Gasteiger partial charge in [0.15, 0.2) is 5.11 Å². The van der Waals surface area contributed by atoms with Crippen LogP contribution >= 0.6 is 12.2 Å². The number of likely N-dealkylation sites (N-methyl/N-ethyl adjacent to an activating group) is 1. The number of carbonyl (C=O) groups is 2. The molecule has 0 saturated carbocycles. The third-order valence-electron chi connectivity index (χ3n) is 3.76. The molecular weight excluding hydrogens is 404 g/mol. The highest BCUT2D eigenvalue weighted by Gasteiger charge is 2.15. The summed E-state index contributed by atoms with van der Waals surface area (Å²) in [6.07, 6.45) is -0.196. The zero-order valence-electron chi connectivity index (χ0n) is 18.5. The van der Waals surface area contributed by atoms with Gasteiger partial charge < -0.3 is 30.3 Å². The summed E-state index contributed by atoms with van der Waals surface area (Å²) in [6.45, 7) is 10.4. The van der Waals surface area contributed by atoms with Gasteiger partial charge in [0.2, 0.25) is 5.91 Å². The van der Waals surface area contributed by atoms with Crippen molar-refractivity contribution in [3.05, 3.63) is 29.8 Å².